The zero-order chi connectivity index (χ0) is 9.68. The van der Waals surface area contributed by atoms with Crippen LogP contribution in [0.15, 0.2) is 18.2 Å². The lowest BCUT2D eigenvalue weighted by Crippen LogP contribution is -1.90. The van der Waals surface area contributed by atoms with Crippen molar-refractivity contribution >= 4 is 12.6 Å². The molecule has 13 heavy (non-hydrogen) atoms. The molecule has 68 valence electrons. The molecule has 0 atom stereocenters. The summed E-state index contributed by atoms with van der Waals surface area (Å²) in [5, 5.41) is 8.90. The quantitative estimate of drug-likeness (QED) is 0.516. The van der Waals surface area contributed by atoms with Crippen LogP contribution in [0.5, 0.6) is 0 Å². The van der Waals surface area contributed by atoms with E-state index in [1.165, 1.54) is 18.2 Å². The molecule has 0 saturated carbocycles. The zero-order valence-corrected chi connectivity index (χ0v) is 7.81. The van der Waals surface area contributed by atoms with Gasteiger partial charge in [0.2, 0.25) is 0 Å². The van der Waals surface area contributed by atoms with Crippen LogP contribution in [-0.4, -0.2) is 10.9 Å². The van der Waals surface area contributed by atoms with Gasteiger partial charge in [-0.25, -0.2) is 4.39 Å². The number of hydrogen-bond acceptors (Lipinski definition) is 2. The largest absolute Gasteiger partial charge is 0.392 e. The summed E-state index contributed by atoms with van der Waals surface area (Å²) in [5.41, 5.74) is 1.16. The molecular formula is C10H9FOS. The molecule has 0 amide bonds. The van der Waals surface area contributed by atoms with E-state index in [2.05, 4.69) is 24.5 Å². The number of hydrogen-bond donors (Lipinski definition) is 2. The van der Waals surface area contributed by atoms with Crippen molar-refractivity contribution in [3.05, 3.63) is 35.1 Å². The minimum Gasteiger partial charge on any atom is -0.392 e. The Kier molecular flexibility index (Phi) is 3.81. The van der Waals surface area contributed by atoms with Gasteiger partial charge in [-0.1, -0.05) is 17.9 Å². The molecule has 3 heteroatoms. The first-order valence-electron chi connectivity index (χ1n) is 3.77. The van der Waals surface area contributed by atoms with Gasteiger partial charge in [0.25, 0.3) is 0 Å². The van der Waals surface area contributed by atoms with Crippen LogP contribution in [0.25, 0.3) is 0 Å². The minimum atomic E-state index is -0.347. The Labute approximate surface area is 82.0 Å². The highest BCUT2D eigenvalue weighted by atomic mass is 32.1. The highest BCUT2D eigenvalue weighted by Gasteiger charge is 1.99. The average Bonchev–Trinajstić information content (AvgIpc) is 2.15. The summed E-state index contributed by atoms with van der Waals surface area (Å²) in [4.78, 5) is 0. The predicted molar refractivity (Wildman–Crippen MR) is 53.1 cm³/mol. The van der Waals surface area contributed by atoms with Gasteiger partial charge in [-0.2, -0.15) is 12.6 Å². The van der Waals surface area contributed by atoms with E-state index >= 15 is 0 Å². The van der Waals surface area contributed by atoms with Crippen molar-refractivity contribution in [1.82, 2.24) is 0 Å². The molecule has 0 bridgehead atoms. The first-order chi connectivity index (χ1) is 6.27. The third kappa shape index (κ3) is 2.76. The number of thiol groups is 1. The molecule has 0 heterocycles. The molecule has 0 aliphatic rings. The van der Waals surface area contributed by atoms with Crippen LogP contribution in [0.1, 0.15) is 11.1 Å². The smallest absolute Gasteiger partial charge is 0.124 e. The molecule has 0 aliphatic heterocycles. The molecule has 1 rings (SSSR count). The fourth-order valence-corrected chi connectivity index (χ4v) is 1.02. The summed E-state index contributed by atoms with van der Waals surface area (Å²) in [6.45, 7) is -0.128. The van der Waals surface area contributed by atoms with Gasteiger partial charge in [0.05, 0.1) is 12.4 Å². The number of halogens is 1. The van der Waals surface area contributed by atoms with Gasteiger partial charge < -0.3 is 5.11 Å². The molecule has 0 spiro atoms. The van der Waals surface area contributed by atoms with Crippen LogP contribution in [-0.2, 0) is 6.61 Å². The molecule has 0 saturated heterocycles. The highest BCUT2D eigenvalue weighted by molar-refractivity contribution is 7.80. The van der Waals surface area contributed by atoms with E-state index in [1.54, 1.807) is 0 Å². The number of rotatable bonds is 1. The normalized spacial score (nSPS) is 9.15. The molecule has 1 N–H and O–H groups in total. The summed E-state index contributed by atoms with van der Waals surface area (Å²) < 4.78 is 12.7. The molecule has 0 fully saturated rings. The lowest BCUT2D eigenvalue weighted by atomic mass is 10.1. The lowest BCUT2D eigenvalue weighted by Gasteiger charge is -1.99. The number of aliphatic hydroxyl groups excluding tert-OH is 1. The van der Waals surface area contributed by atoms with Gasteiger partial charge >= 0.3 is 0 Å². The Balaban J connectivity index is 3.08. The standard InChI is InChI=1S/C10H9FOS/c11-10-4-3-9(7-12)8(6-10)2-1-5-13/h3-4,6,12-13H,5,7H2. The Morgan fingerprint density at radius 1 is 1.46 bits per heavy atom. The van der Waals surface area contributed by atoms with Crippen molar-refractivity contribution in [2.24, 2.45) is 0 Å². The Morgan fingerprint density at radius 2 is 2.23 bits per heavy atom. The van der Waals surface area contributed by atoms with E-state index in [1.807, 2.05) is 0 Å². The second-order valence-electron chi connectivity index (χ2n) is 2.42. The van der Waals surface area contributed by atoms with E-state index in [9.17, 15) is 4.39 Å². The zero-order valence-electron chi connectivity index (χ0n) is 6.92. The number of benzene rings is 1. The van der Waals surface area contributed by atoms with Crippen LogP contribution in [0.3, 0.4) is 0 Å². The fraction of sp³-hybridized carbons (Fsp3) is 0.200. The van der Waals surface area contributed by atoms with Crippen LogP contribution in [0, 0.1) is 17.7 Å². The predicted octanol–water partition coefficient (Wildman–Crippen LogP) is 1.60. The van der Waals surface area contributed by atoms with Crippen LogP contribution in [0.2, 0.25) is 0 Å². The maximum Gasteiger partial charge on any atom is 0.124 e. The van der Waals surface area contributed by atoms with Crippen molar-refractivity contribution in [3.8, 4) is 11.8 Å². The Hall–Kier alpha value is -0.980. The molecule has 1 aromatic carbocycles. The molecule has 0 unspecified atom stereocenters. The van der Waals surface area contributed by atoms with E-state index in [0.717, 1.165) is 0 Å². The van der Waals surface area contributed by atoms with E-state index in [0.29, 0.717) is 16.9 Å². The summed E-state index contributed by atoms with van der Waals surface area (Å²) in [6, 6.07) is 4.14. The van der Waals surface area contributed by atoms with Crippen LogP contribution in [0.4, 0.5) is 4.39 Å². The van der Waals surface area contributed by atoms with E-state index in [-0.39, 0.29) is 12.4 Å². The number of aliphatic hydroxyl groups is 1. The summed E-state index contributed by atoms with van der Waals surface area (Å²) >= 11 is 3.91. The second kappa shape index (κ2) is 4.90. The van der Waals surface area contributed by atoms with Crippen LogP contribution >= 0.6 is 12.6 Å². The van der Waals surface area contributed by atoms with Crippen molar-refractivity contribution in [2.75, 3.05) is 5.75 Å². The van der Waals surface area contributed by atoms with E-state index in [4.69, 9.17) is 5.11 Å². The monoisotopic (exact) mass is 196 g/mol. The van der Waals surface area contributed by atoms with Gasteiger partial charge in [-0.05, 0) is 17.7 Å². The molecule has 0 radical (unpaired) electrons. The third-order valence-electron chi connectivity index (χ3n) is 1.54. The molecule has 0 aromatic heterocycles. The molecular weight excluding hydrogens is 187 g/mol. The molecule has 1 nitrogen and oxygen atoms in total. The maximum absolute atomic E-state index is 12.7. The van der Waals surface area contributed by atoms with Crippen LogP contribution < -0.4 is 0 Å². The molecule has 0 aliphatic carbocycles. The van der Waals surface area contributed by atoms with Gasteiger partial charge in [-0.3, -0.25) is 0 Å². The van der Waals surface area contributed by atoms with Gasteiger partial charge in [0.15, 0.2) is 0 Å². The SMILES string of the molecule is OCc1ccc(F)cc1C#CCS. The minimum absolute atomic E-state index is 0.128. The van der Waals surface area contributed by atoms with Crippen molar-refractivity contribution in [1.29, 1.82) is 0 Å². The van der Waals surface area contributed by atoms with Gasteiger partial charge in [0, 0.05) is 5.56 Å². The van der Waals surface area contributed by atoms with Crippen molar-refractivity contribution in [3.63, 3.8) is 0 Å². The summed E-state index contributed by atoms with van der Waals surface area (Å²) in [5.74, 6) is 5.50. The summed E-state index contributed by atoms with van der Waals surface area (Å²) in [7, 11) is 0. The van der Waals surface area contributed by atoms with E-state index < -0.39 is 0 Å². The first-order valence-corrected chi connectivity index (χ1v) is 4.40. The topological polar surface area (TPSA) is 20.2 Å². The Bertz CT molecular complexity index is 352. The second-order valence-corrected chi connectivity index (χ2v) is 2.74. The van der Waals surface area contributed by atoms with Gasteiger partial charge in [0.1, 0.15) is 5.82 Å². The first kappa shape index (κ1) is 10.1. The summed E-state index contributed by atoms with van der Waals surface area (Å²) in [6.07, 6.45) is 0. The van der Waals surface area contributed by atoms with Crippen molar-refractivity contribution in [2.45, 2.75) is 6.61 Å². The maximum atomic E-state index is 12.7. The Morgan fingerprint density at radius 3 is 2.85 bits per heavy atom. The van der Waals surface area contributed by atoms with Crippen molar-refractivity contribution < 1.29 is 9.50 Å². The average molecular weight is 196 g/mol. The fourth-order valence-electron chi connectivity index (χ4n) is 0.938. The highest BCUT2D eigenvalue weighted by Crippen LogP contribution is 2.09. The lowest BCUT2D eigenvalue weighted by molar-refractivity contribution is 0.281. The molecule has 1 aromatic rings. The van der Waals surface area contributed by atoms with Gasteiger partial charge in [-0.15, -0.1) is 0 Å². The third-order valence-corrected chi connectivity index (χ3v) is 1.70.